The van der Waals surface area contributed by atoms with Crippen LogP contribution in [-0.2, 0) is 12.8 Å². The van der Waals surface area contributed by atoms with Crippen molar-refractivity contribution < 1.29 is 27.2 Å². The zero-order valence-electron chi connectivity index (χ0n) is 16.8. The molecule has 0 aliphatic rings. The van der Waals surface area contributed by atoms with Gasteiger partial charge in [0.15, 0.2) is 0 Å². The molecule has 1 N–H and O–H groups in total. The minimum atomic E-state index is -4.42. The molecule has 0 spiro atoms. The van der Waals surface area contributed by atoms with Crippen LogP contribution in [0.2, 0.25) is 0 Å². The molecule has 2 aromatic carbocycles. The van der Waals surface area contributed by atoms with Crippen molar-refractivity contribution in [2.24, 2.45) is 0 Å². The lowest BCUT2D eigenvalue weighted by Crippen LogP contribution is -2.23. The third-order valence-electron chi connectivity index (χ3n) is 4.44. The summed E-state index contributed by atoms with van der Waals surface area (Å²) in [6.07, 6.45) is -4.42. The van der Waals surface area contributed by atoms with E-state index in [1.165, 1.54) is 12.1 Å². The molecule has 5 nitrogen and oxygen atoms in total. The molecule has 0 saturated heterocycles. The predicted octanol–water partition coefficient (Wildman–Crippen LogP) is 4.67. The van der Waals surface area contributed by atoms with Crippen LogP contribution in [0, 0.1) is 25.7 Å². The lowest BCUT2D eigenvalue weighted by molar-refractivity contribution is -0.137. The number of carbonyl (C=O) groups excluding carboxylic acids is 1. The van der Waals surface area contributed by atoms with Gasteiger partial charge in [0, 0.05) is 11.1 Å². The number of benzene rings is 2. The number of nitrogens with one attached hydrogen (secondary N) is 1. The third-order valence-corrected chi connectivity index (χ3v) is 4.44. The van der Waals surface area contributed by atoms with Gasteiger partial charge in [-0.1, -0.05) is 23.1 Å². The number of halogens is 3. The molecular weight excluding hydrogens is 409 g/mol. The van der Waals surface area contributed by atoms with Gasteiger partial charge in [0.1, 0.15) is 18.1 Å². The first kappa shape index (κ1) is 22.0. The van der Waals surface area contributed by atoms with Gasteiger partial charge in [-0.2, -0.15) is 13.2 Å². The highest BCUT2D eigenvalue weighted by Crippen LogP contribution is 2.29. The topological polar surface area (TPSA) is 64.4 Å². The van der Waals surface area contributed by atoms with Crippen LogP contribution >= 0.6 is 0 Å². The average molecular weight is 428 g/mol. The van der Waals surface area contributed by atoms with E-state index >= 15 is 0 Å². The monoisotopic (exact) mass is 428 g/mol. The largest absolute Gasteiger partial charge is 0.489 e. The zero-order chi connectivity index (χ0) is 22.4. The van der Waals surface area contributed by atoms with Gasteiger partial charge in [-0.05, 0) is 56.3 Å². The van der Waals surface area contributed by atoms with Gasteiger partial charge in [0.2, 0.25) is 0 Å². The van der Waals surface area contributed by atoms with Crippen molar-refractivity contribution in [3.05, 3.63) is 82.2 Å². The van der Waals surface area contributed by atoms with Crippen molar-refractivity contribution in [2.75, 3.05) is 6.54 Å². The minimum absolute atomic E-state index is 0.000622. The quantitative estimate of drug-likeness (QED) is 0.600. The molecule has 1 aromatic heterocycles. The summed E-state index contributed by atoms with van der Waals surface area (Å²) in [5, 5.41) is 6.47. The van der Waals surface area contributed by atoms with Crippen LogP contribution in [-0.4, -0.2) is 17.6 Å². The molecule has 3 aromatic rings. The molecule has 31 heavy (non-hydrogen) atoms. The van der Waals surface area contributed by atoms with Crippen LogP contribution in [0.3, 0.4) is 0 Å². The first-order valence-electron chi connectivity index (χ1n) is 9.33. The Bertz CT molecular complexity index is 1100. The Hall–Kier alpha value is -3.73. The molecule has 0 aliphatic heterocycles. The molecule has 0 aliphatic carbocycles. The SMILES string of the molecule is Cc1noc(C)c1COc1ccc(C(=O)NCC#Cc2cccc(C(F)(F)F)c2)cc1. The van der Waals surface area contributed by atoms with Gasteiger partial charge in [-0.15, -0.1) is 0 Å². The Balaban J connectivity index is 1.52. The Kier molecular flexibility index (Phi) is 6.65. The van der Waals surface area contributed by atoms with E-state index < -0.39 is 11.7 Å². The Labute approximate surface area is 177 Å². The van der Waals surface area contributed by atoms with Crippen LogP contribution in [0.25, 0.3) is 0 Å². The smallest absolute Gasteiger partial charge is 0.416 e. The normalized spacial score (nSPS) is 10.9. The minimum Gasteiger partial charge on any atom is -0.489 e. The fraction of sp³-hybridized carbons (Fsp3) is 0.217. The molecule has 3 rings (SSSR count). The molecule has 1 amide bonds. The van der Waals surface area contributed by atoms with Crippen molar-refractivity contribution in [1.29, 1.82) is 0 Å². The third kappa shape index (κ3) is 5.89. The number of amides is 1. The number of alkyl halides is 3. The second-order valence-electron chi connectivity index (χ2n) is 6.68. The average Bonchev–Trinajstić information content (AvgIpc) is 3.07. The summed E-state index contributed by atoms with van der Waals surface area (Å²) in [5.74, 6) is 6.19. The van der Waals surface area contributed by atoms with Gasteiger partial charge >= 0.3 is 6.18 Å². The molecule has 0 saturated carbocycles. The van der Waals surface area contributed by atoms with Crippen LogP contribution in [0.5, 0.6) is 5.75 Å². The van der Waals surface area contributed by atoms with Gasteiger partial charge < -0.3 is 14.6 Å². The summed E-state index contributed by atoms with van der Waals surface area (Å²) in [4.78, 5) is 12.2. The lowest BCUT2D eigenvalue weighted by atomic mass is 10.1. The van der Waals surface area contributed by atoms with Gasteiger partial charge in [0.25, 0.3) is 5.91 Å². The Morgan fingerprint density at radius 1 is 1.16 bits per heavy atom. The molecule has 8 heteroatoms. The fourth-order valence-electron chi connectivity index (χ4n) is 2.71. The second-order valence-corrected chi connectivity index (χ2v) is 6.68. The maximum atomic E-state index is 12.7. The highest BCUT2D eigenvalue weighted by molar-refractivity contribution is 5.94. The van der Waals surface area contributed by atoms with Gasteiger partial charge in [-0.25, -0.2) is 0 Å². The Morgan fingerprint density at radius 3 is 2.55 bits per heavy atom. The van der Waals surface area contributed by atoms with Crippen LogP contribution < -0.4 is 10.1 Å². The van der Waals surface area contributed by atoms with E-state index in [0.29, 0.717) is 23.7 Å². The molecular formula is C23H19F3N2O3. The predicted molar refractivity (Wildman–Crippen MR) is 107 cm³/mol. The molecule has 1 heterocycles. The van der Waals surface area contributed by atoms with Gasteiger partial charge in [0.05, 0.1) is 23.4 Å². The fourth-order valence-corrected chi connectivity index (χ4v) is 2.71. The highest BCUT2D eigenvalue weighted by Gasteiger charge is 2.30. The number of aromatic nitrogens is 1. The maximum absolute atomic E-state index is 12.7. The number of nitrogens with zero attached hydrogens (tertiary/aromatic N) is 1. The van der Waals surface area contributed by atoms with Crippen LogP contribution in [0.15, 0.2) is 53.1 Å². The Morgan fingerprint density at radius 2 is 1.90 bits per heavy atom. The molecule has 160 valence electrons. The first-order valence-corrected chi connectivity index (χ1v) is 9.33. The summed E-state index contributed by atoms with van der Waals surface area (Å²) in [5.41, 5.74) is 1.51. The standard InChI is InChI=1S/C23H19F3N2O3/c1-15-21(16(2)31-28-15)14-30-20-10-8-18(9-11-20)22(29)27-12-4-6-17-5-3-7-19(13-17)23(24,25)26/h3,5,7-11,13H,12,14H2,1-2H3,(H,27,29). The summed E-state index contributed by atoms with van der Waals surface area (Å²) >= 11 is 0. The van der Waals surface area contributed by atoms with E-state index in [2.05, 4.69) is 22.3 Å². The molecule has 0 atom stereocenters. The molecule has 0 fully saturated rings. The number of ether oxygens (including phenoxy) is 1. The maximum Gasteiger partial charge on any atom is 0.416 e. The number of rotatable bonds is 5. The van der Waals surface area contributed by atoms with E-state index in [4.69, 9.17) is 9.26 Å². The molecule has 0 unspecified atom stereocenters. The first-order chi connectivity index (χ1) is 14.7. The highest BCUT2D eigenvalue weighted by atomic mass is 19.4. The van der Waals surface area contributed by atoms with Crippen molar-refractivity contribution in [1.82, 2.24) is 10.5 Å². The van der Waals surface area contributed by atoms with Crippen molar-refractivity contribution in [3.8, 4) is 17.6 Å². The van der Waals surface area contributed by atoms with E-state index in [1.807, 2.05) is 13.8 Å². The van der Waals surface area contributed by atoms with Crippen molar-refractivity contribution in [2.45, 2.75) is 26.6 Å². The van der Waals surface area contributed by atoms with Crippen LogP contribution in [0.1, 0.15) is 38.5 Å². The molecule has 0 bridgehead atoms. The number of hydrogen-bond donors (Lipinski definition) is 1. The summed E-state index contributed by atoms with van der Waals surface area (Å²) in [6.45, 7) is 3.94. The van der Waals surface area contributed by atoms with E-state index in [0.717, 1.165) is 23.4 Å². The molecule has 0 radical (unpaired) electrons. The summed E-state index contributed by atoms with van der Waals surface area (Å²) in [7, 11) is 0. The van der Waals surface area contributed by atoms with E-state index in [-0.39, 0.29) is 18.0 Å². The number of carbonyl (C=O) groups is 1. The summed E-state index contributed by atoms with van der Waals surface area (Å²) in [6, 6.07) is 11.3. The zero-order valence-corrected chi connectivity index (χ0v) is 16.8. The number of hydrogen-bond acceptors (Lipinski definition) is 4. The van der Waals surface area contributed by atoms with Crippen LogP contribution in [0.4, 0.5) is 13.2 Å². The summed E-state index contributed by atoms with van der Waals surface area (Å²) < 4.78 is 48.9. The second kappa shape index (κ2) is 9.39. The van der Waals surface area contributed by atoms with Crippen molar-refractivity contribution >= 4 is 5.91 Å². The van der Waals surface area contributed by atoms with E-state index in [1.54, 1.807) is 24.3 Å². The van der Waals surface area contributed by atoms with Gasteiger partial charge in [-0.3, -0.25) is 4.79 Å². The lowest BCUT2D eigenvalue weighted by Gasteiger charge is -2.07. The van der Waals surface area contributed by atoms with E-state index in [9.17, 15) is 18.0 Å². The van der Waals surface area contributed by atoms with Crippen molar-refractivity contribution in [3.63, 3.8) is 0 Å². The number of aryl methyl sites for hydroxylation is 2.